The number of fused-ring (bicyclic) bond motifs is 1. The summed E-state index contributed by atoms with van der Waals surface area (Å²) in [6, 6.07) is 14.0. The van der Waals surface area contributed by atoms with E-state index in [-0.39, 0.29) is 10.4 Å². The molecule has 0 spiro atoms. The number of carboxylic acids is 1. The number of carboxylic acid groups (broad SMARTS) is 1. The van der Waals surface area contributed by atoms with Crippen molar-refractivity contribution in [2.75, 3.05) is 18.5 Å². The molecule has 0 saturated carbocycles. The number of alkyl halides is 2. The Bertz CT molecular complexity index is 1290. The Morgan fingerprint density at radius 3 is 2.76 bits per heavy atom. The highest BCUT2D eigenvalue weighted by Gasteiger charge is 2.19. The normalized spacial score (nSPS) is 11.2. The molecule has 0 amide bonds. The third-order valence-corrected chi connectivity index (χ3v) is 6.23. The Morgan fingerprint density at radius 1 is 1.18 bits per heavy atom. The number of carbonyl (C=O) groups is 1. The van der Waals surface area contributed by atoms with Crippen LogP contribution in [0.4, 0.5) is 14.6 Å². The summed E-state index contributed by atoms with van der Waals surface area (Å²) >= 11 is 1.07. The van der Waals surface area contributed by atoms with Gasteiger partial charge in [-0.2, -0.15) is 0 Å². The number of anilines is 1. The summed E-state index contributed by atoms with van der Waals surface area (Å²) in [5.41, 5.74) is 1.18. The zero-order chi connectivity index (χ0) is 23.4. The largest absolute Gasteiger partial charge is 0.492 e. The molecule has 4 rings (SSSR count). The second-order valence-corrected chi connectivity index (χ2v) is 8.21. The van der Waals surface area contributed by atoms with Gasteiger partial charge in [0.05, 0.1) is 17.2 Å². The highest BCUT2D eigenvalue weighted by atomic mass is 32.1. The quantitative estimate of drug-likeness (QED) is 0.311. The lowest BCUT2D eigenvalue weighted by Crippen LogP contribution is -2.09. The van der Waals surface area contributed by atoms with Crippen LogP contribution in [0.1, 0.15) is 34.1 Å². The van der Waals surface area contributed by atoms with E-state index in [1.807, 2.05) is 24.3 Å². The van der Waals surface area contributed by atoms with E-state index in [1.54, 1.807) is 25.1 Å². The molecule has 2 aromatic carbocycles. The summed E-state index contributed by atoms with van der Waals surface area (Å²) in [4.78, 5) is 20.7. The van der Waals surface area contributed by atoms with Gasteiger partial charge >= 0.3 is 5.97 Å². The van der Waals surface area contributed by atoms with Crippen molar-refractivity contribution in [3.8, 4) is 16.3 Å². The fraction of sp³-hybridized carbons (Fsp3) is 0.208. The lowest BCUT2D eigenvalue weighted by molar-refractivity contribution is 0.0698. The summed E-state index contributed by atoms with van der Waals surface area (Å²) in [6.07, 6.45) is -0.797. The zero-order valence-electron chi connectivity index (χ0n) is 17.7. The van der Waals surface area contributed by atoms with Gasteiger partial charge in [0.1, 0.15) is 17.9 Å². The van der Waals surface area contributed by atoms with Crippen LogP contribution < -0.4 is 10.1 Å². The van der Waals surface area contributed by atoms with Crippen LogP contribution in [0.5, 0.6) is 5.75 Å². The minimum absolute atomic E-state index is 0.0297. The molecule has 0 saturated heterocycles. The molecule has 0 radical (unpaired) electrons. The summed E-state index contributed by atoms with van der Waals surface area (Å²) in [6.45, 7) is 2.52. The van der Waals surface area contributed by atoms with Crippen molar-refractivity contribution in [3.05, 3.63) is 70.9 Å². The van der Waals surface area contributed by atoms with E-state index in [1.165, 1.54) is 12.4 Å². The van der Waals surface area contributed by atoms with Crippen molar-refractivity contribution in [1.29, 1.82) is 0 Å². The Balaban J connectivity index is 1.54. The van der Waals surface area contributed by atoms with E-state index in [2.05, 4.69) is 15.3 Å². The van der Waals surface area contributed by atoms with Crippen LogP contribution in [0.2, 0.25) is 0 Å². The van der Waals surface area contributed by atoms with E-state index in [9.17, 15) is 18.7 Å². The van der Waals surface area contributed by atoms with Crippen molar-refractivity contribution in [3.63, 3.8) is 0 Å². The first kappa shape index (κ1) is 22.6. The number of thiophene rings is 1. The van der Waals surface area contributed by atoms with Crippen LogP contribution in [-0.4, -0.2) is 34.2 Å². The number of hydrogen-bond donors (Lipinski definition) is 2. The van der Waals surface area contributed by atoms with Gasteiger partial charge < -0.3 is 15.2 Å². The molecule has 2 N–H and O–H groups in total. The molecule has 170 valence electrons. The average molecular weight is 470 g/mol. The smallest absolute Gasteiger partial charge is 0.349 e. The van der Waals surface area contributed by atoms with Gasteiger partial charge in [-0.3, -0.25) is 0 Å². The standard InChI is InChI=1S/C24H21F2N3O3S/c1-2-32-19-12-20(33-22(19)24(30)31)18-11-21(29-13-28-18)27-10-9-16-15-6-4-3-5-14(15)7-8-17(16)23(25)26/h3-8,11-13,23H,2,9-10H2,1H3,(H,30,31)(H,27,28,29). The number of rotatable bonds is 9. The van der Waals surface area contributed by atoms with Crippen LogP contribution in [0.15, 0.2) is 54.9 Å². The molecular formula is C24H21F2N3O3S. The number of benzene rings is 2. The first-order chi connectivity index (χ1) is 16.0. The highest BCUT2D eigenvalue weighted by Crippen LogP contribution is 2.36. The number of hydrogen-bond acceptors (Lipinski definition) is 6. The van der Waals surface area contributed by atoms with Crippen molar-refractivity contribution in [2.24, 2.45) is 0 Å². The van der Waals surface area contributed by atoms with Crippen molar-refractivity contribution < 1.29 is 23.4 Å². The van der Waals surface area contributed by atoms with E-state index in [0.29, 0.717) is 47.3 Å². The molecule has 0 aliphatic carbocycles. The average Bonchev–Trinajstić information content (AvgIpc) is 3.24. The Morgan fingerprint density at radius 2 is 2.00 bits per heavy atom. The van der Waals surface area contributed by atoms with Gasteiger partial charge in [0, 0.05) is 24.2 Å². The Labute approximate surface area is 192 Å². The van der Waals surface area contributed by atoms with Gasteiger partial charge in [0.25, 0.3) is 6.43 Å². The van der Waals surface area contributed by atoms with E-state index in [4.69, 9.17) is 4.74 Å². The summed E-state index contributed by atoms with van der Waals surface area (Å²) in [5.74, 6) is -0.247. The monoisotopic (exact) mass is 469 g/mol. The first-order valence-electron chi connectivity index (χ1n) is 10.3. The van der Waals surface area contributed by atoms with Gasteiger partial charge in [-0.1, -0.05) is 36.4 Å². The lowest BCUT2D eigenvalue weighted by Gasteiger charge is -2.13. The van der Waals surface area contributed by atoms with E-state index >= 15 is 0 Å². The molecule has 2 aromatic heterocycles. The Hall–Kier alpha value is -3.59. The molecule has 4 aromatic rings. The molecule has 0 fully saturated rings. The van der Waals surface area contributed by atoms with Gasteiger partial charge in [-0.25, -0.2) is 23.5 Å². The van der Waals surface area contributed by atoms with Crippen molar-refractivity contribution in [2.45, 2.75) is 19.8 Å². The van der Waals surface area contributed by atoms with E-state index in [0.717, 1.165) is 22.1 Å². The molecule has 33 heavy (non-hydrogen) atoms. The van der Waals surface area contributed by atoms with Crippen LogP contribution >= 0.6 is 11.3 Å². The van der Waals surface area contributed by atoms with Crippen LogP contribution in [0.3, 0.4) is 0 Å². The number of nitrogens with zero attached hydrogens (tertiary/aromatic N) is 2. The number of aromatic nitrogens is 2. The number of halogens is 2. The summed E-state index contributed by atoms with van der Waals surface area (Å²) in [5, 5.41) is 14.3. The van der Waals surface area contributed by atoms with Gasteiger partial charge in [0.15, 0.2) is 4.88 Å². The maximum atomic E-state index is 13.6. The molecular weight excluding hydrogens is 448 g/mol. The SMILES string of the molecule is CCOc1cc(-c2cc(NCCc3c(C(F)F)ccc4ccccc34)ncn2)sc1C(=O)O. The Kier molecular flexibility index (Phi) is 6.79. The molecule has 0 bridgehead atoms. The fourth-order valence-corrected chi connectivity index (χ4v) is 4.56. The maximum Gasteiger partial charge on any atom is 0.349 e. The second kappa shape index (κ2) is 9.91. The van der Waals surface area contributed by atoms with Gasteiger partial charge in [-0.05, 0) is 29.7 Å². The van der Waals surface area contributed by atoms with Crippen molar-refractivity contribution in [1.82, 2.24) is 9.97 Å². The van der Waals surface area contributed by atoms with Gasteiger partial charge in [0.2, 0.25) is 0 Å². The summed E-state index contributed by atoms with van der Waals surface area (Å²) in [7, 11) is 0. The molecule has 0 aliphatic rings. The van der Waals surface area contributed by atoms with Gasteiger partial charge in [-0.15, -0.1) is 11.3 Å². The third kappa shape index (κ3) is 4.93. The zero-order valence-corrected chi connectivity index (χ0v) is 18.5. The number of ether oxygens (including phenoxy) is 1. The van der Waals surface area contributed by atoms with Crippen molar-refractivity contribution >= 4 is 33.9 Å². The topological polar surface area (TPSA) is 84.3 Å². The van der Waals surface area contributed by atoms with Crippen LogP contribution in [0, 0.1) is 0 Å². The molecule has 0 unspecified atom stereocenters. The molecule has 6 nitrogen and oxygen atoms in total. The highest BCUT2D eigenvalue weighted by molar-refractivity contribution is 7.17. The number of nitrogens with one attached hydrogen (secondary N) is 1. The second-order valence-electron chi connectivity index (χ2n) is 7.16. The third-order valence-electron chi connectivity index (χ3n) is 5.10. The number of aromatic carboxylic acids is 1. The predicted molar refractivity (Wildman–Crippen MR) is 125 cm³/mol. The van der Waals surface area contributed by atoms with Crippen LogP contribution in [-0.2, 0) is 6.42 Å². The predicted octanol–water partition coefficient (Wildman–Crippen LogP) is 6.05. The minimum Gasteiger partial charge on any atom is -0.492 e. The lowest BCUT2D eigenvalue weighted by atomic mass is 9.96. The summed E-state index contributed by atoms with van der Waals surface area (Å²) < 4.78 is 32.6. The maximum absolute atomic E-state index is 13.6. The van der Waals surface area contributed by atoms with Crippen LogP contribution in [0.25, 0.3) is 21.3 Å². The minimum atomic E-state index is -2.56. The first-order valence-corrected chi connectivity index (χ1v) is 11.1. The molecule has 9 heteroatoms. The molecule has 2 heterocycles. The van der Waals surface area contributed by atoms with E-state index < -0.39 is 12.4 Å². The fourth-order valence-electron chi connectivity index (χ4n) is 3.65. The molecule has 0 atom stereocenters. The molecule has 0 aliphatic heterocycles.